The van der Waals surface area contributed by atoms with Gasteiger partial charge in [-0.2, -0.15) is 0 Å². The van der Waals surface area contributed by atoms with Gasteiger partial charge in [-0.3, -0.25) is 0 Å². The molecule has 0 atom stereocenters. The molecule has 0 saturated carbocycles. The van der Waals surface area contributed by atoms with Gasteiger partial charge in [0.1, 0.15) is 18.2 Å². The van der Waals surface area contributed by atoms with Gasteiger partial charge >= 0.3 is 0 Å². The third-order valence-corrected chi connectivity index (χ3v) is 5.47. The Kier molecular flexibility index (Phi) is 6.06. The highest BCUT2D eigenvalue weighted by Gasteiger charge is 2.12. The molecule has 136 valence electrons. The van der Waals surface area contributed by atoms with E-state index >= 15 is 0 Å². The number of benzene rings is 2. The van der Waals surface area contributed by atoms with Crippen molar-refractivity contribution >= 4 is 35.0 Å². The molecule has 0 spiro atoms. The van der Waals surface area contributed by atoms with E-state index in [4.69, 9.17) is 27.9 Å². The van der Waals surface area contributed by atoms with E-state index < -0.39 is 0 Å². The minimum Gasteiger partial charge on any atom is -0.484 e. The molecule has 2 aromatic carbocycles. The molecule has 0 radical (unpaired) electrons. The van der Waals surface area contributed by atoms with Gasteiger partial charge in [0.05, 0.1) is 5.02 Å². The van der Waals surface area contributed by atoms with Crippen molar-refractivity contribution in [2.24, 2.45) is 7.05 Å². The van der Waals surface area contributed by atoms with Gasteiger partial charge in [0.25, 0.3) is 0 Å². The number of nitrogens with zero attached hydrogens (tertiary/aromatic N) is 3. The first-order chi connectivity index (χ1) is 12.4. The molecule has 4 nitrogen and oxygen atoms in total. The molecule has 0 bridgehead atoms. The van der Waals surface area contributed by atoms with Crippen molar-refractivity contribution in [3.8, 4) is 5.75 Å². The van der Waals surface area contributed by atoms with Gasteiger partial charge in [-0.25, -0.2) is 4.39 Å². The zero-order valence-electron chi connectivity index (χ0n) is 14.2. The predicted molar refractivity (Wildman–Crippen MR) is 102 cm³/mol. The highest BCUT2D eigenvalue weighted by atomic mass is 35.5. The Morgan fingerprint density at radius 1 is 1.12 bits per heavy atom. The van der Waals surface area contributed by atoms with Crippen LogP contribution in [0.2, 0.25) is 10.0 Å². The first-order valence-electron chi connectivity index (χ1n) is 7.78. The highest BCUT2D eigenvalue weighted by Crippen LogP contribution is 2.28. The van der Waals surface area contributed by atoms with Crippen molar-refractivity contribution in [2.45, 2.75) is 24.4 Å². The number of thioether (sulfide) groups is 1. The number of rotatable bonds is 6. The van der Waals surface area contributed by atoms with E-state index in [0.717, 1.165) is 16.3 Å². The Bertz CT molecular complexity index is 933. The summed E-state index contributed by atoms with van der Waals surface area (Å²) >= 11 is 13.7. The molecule has 0 N–H and O–H groups in total. The lowest BCUT2D eigenvalue weighted by atomic mass is 10.2. The molecule has 3 aromatic rings. The summed E-state index contributed by atoms with van der Waals surface area (Å²) in [6, 6.07) is 9.97. The molecular formula is C18H16Cl2FN3OS. The summed E-state index contributed by atoms with van der Waals surface area (Å²) in [6.45, 7) is 2.23. The Hall–Kier alpha value is -1.76. The summed E-state index contributed by atoms with van der Waals surface area (Å²) in [6.07, 6.45) is 0. The van der Waals surface area contributed by atoms with Crippen LogP contribution in [-0.2, 0) is 19.4 Å². The van der Waals surface area contributed by atoms with Crippen molar-refractivity contribution in [1.29, 1.82) is 0 Å². The second-order valence-electron chi connectivity index (χ2n) is 5.70. The van der Waals surface area contributed by atoms with Crippen molar-refractivity contribution in [2.75, 3.05) is 0 Å². The maximum Gasteiger partial charge on any atom is 0.191 e. The molecule has 1 heterocycles. The highest BCUT2D eigenvalue weighted by molar-refractivity contribution is 7.98. The Morgan fingerprint density at radius 3 is 2.69 bits per heavy atom. The number of hydrogen-bond acceptors (Lipinski definition) is 4. The molecule has 0 fully saturated rings. The summed E-state index contributed by atoms with van der Waals surface area (Å²) in [5.41, 5.74) is 1.90. The van der Waals surface area contributed by atoms with Crippen molar-refractivity contribution < 1.29 is 9.13 Å². The smallest absolute Gasteiger partial charge is 0.191 e. The van der Waals surface area contributed by atoms with E-state index in [2.05, 4.69) is 10.2 Å². The van der Waals surface area contributed by atoms with Gasteiger partial charge < -0.3 is 9.30 Å². The summed E-state index contributed by atoms with van der Waals surface area (Å²) in [5.74, 6) is 1.50. The van der Waals surface area contributed by atoms with Crippen LogP contribution >= 0.6 is 35.0 Å². The van der Waals surface area contributed by atoms with Crippen molar-refractivity contribution in [3.63, 3.8) is 0 Å². The van der Waals surface area contributed by atoms with Gasteiger partial charge in [-0.15, -0.1) is 10.2 Å². The molecule has 26 heavy (non-hydrogen) atoms. The largest absolute Gasteiger partial charge is 0.484 e. The fourth-order valence-corrected chi connectivity index (χ4v) is 3.66. The van der Waals surface area contributed by atoms with E-state index in [1.165, 1.54) is 23.9 Å². The Balaban J connectivity index is 1.65. The van der Waals surface area contributed by atoms with E-state index in [1.54, 1.807) is 12.1 Å². The van der Waals surface area contributed by atoms with Crippen LogP contribution in [0.4, 0.5) is 4.39 Å². The van der Waals surface area contributed by atoms with Gasteiger partial charge in [-0.1, -0.05) is 47.1 Å². The first-order valence-corrected chi connectivity index (χ1v) is 9.52. The van der Waals surface area contributed by atoms with E-state index in [9.17, 15) is 4.39 Å². The van der Waals surface area contributed by atoms with Gasteiger partial charge in [0, 0.05) is 17.8 Å². The Labute approximate surface area is 165 Å². The fraction of sp³-hybridized carbons (Fsp3) is 0.222. The predicted octanol–water partition coefficient (Wildman–Crippen LogP) is 5.44. The molecule has 3 rings (SSSR count). The molecule has 0 unspecified atom stereocenters. The first kappa shape index (κ1) is 19.0. The van der Waals surface area contributed by atoms with E-state index in [-0.39, 0.29) is 12.4 Å². The third kappa shape index (κ3) is 4.50. The van der Waals surface area contributed by atoms with Crippen LogP contribution in [0.15, 0.2) is 41.6 Å². The van der Waals surface area contributed by atoms with Crippen LogP contribution in [0.5, 0.6) is 5.75 Å². The van der Waals surface area contributed by atoms with Crippen LogP contribution < -0.4 is 4.74 Å². The Morgan fingerprint density at radius 2 is 1.92 bits per heavy atom. The zero-order valence-corrected chi connectivity index (χ0v) is 16.5. The fourth-order valence-electron chi connectivity index (χ4n) is 2.24. The third-order valence-electron chi connectivity index (χ3n) is 3.74. The SMILES string of the molecule is Cc1ccc(Cl)c(OCc2nnc(SCc3ccc(F)cc3Cl)n2C)c1. The van der Waals surface area contributed by atoms with Crippen LogP contribution in [0.3, 0.4) is 0 Å². The number of halogens is 3. The van der Waals surface area contributed by atoms with Gasteiger partial charge in [0.2, 0.25) is 0 Å². The van der Waals surface area contributed by atoms with Gasteiger partial charge in [0.15, 0.2) is 11.0 Å². The number of ether oxygens (including phenoxy) is 1. The maximum atomic E-state index is 13.1. The number of hydrogen-bond donors (Lipinski definition) is 0. The lowest BCUT2D eigenvalue weighted by molar-refractivity contribution is 0.290. The summed E-state index contributed by atoms with van der Waals surface area (Å²) < 4.78 is 20.7. The van der Waals surface area contributed by atoms with Crippen molar-refractivity contribution in [1.82, 2.24) is 14.8 Å². The molecule has 1 aromatic heterocycles. The molecule has 0 saturated heterocycles. The summed E-state index contributed by atoms with van der Waals surface area (Å²) in [4.78, 5) is 0. The van der Waals surface area contributed by atoms with E-state index in [0.29, 0.717) is 27.4 Å². The molecule has 8 heteroatoms. The zero-order chi connectivity index (χ0) is 18.7. The lowest BCUT2D eigenvalue weighted by Gasteiger charge is -2.09. The van der Waals surface area contributed by atoms with Crippen LogP contribution in [0.1, 0.15) is 17.0 Å². The molecule has 0 aliphatic heterocycles. The molecule has 0 aliphatic rings. The average molecular weight is 412 g/mol. The topological polar surface area (TPSA) is 39.9 Å². The molecular weight excluding hydrogens is 396 g/mol. The quantitative estimate of drug-likeness (QED) is 0.506. The van der Waals surface area contributed by atoms with E-state index in [1.807, 2.05) is 30.7 Å². The summed E-state index contributed by atoms with van der Waals surface area (Å²) in [7, 11) is 1.87. The second-order valence-corrected chi connectivity index (χ2v) is 7.46. The average Bonchev–Trinajstić information content (AvgIpc) is 2.95. The minimum absolute atomic E-state index is 0.255. The summed E-state index contributed by atoms with van der Waals surface area (Å²) in [5, 5.41) is 10.0. The second kappa shape index (κ2) is 8.29. The monoisotopic (exact) mass is 411 g/mol. The minimum atomic E-state index is -0.350. The van der Waals surface area contributed by atoms with Crippen LogP contribution in [0, 0.1) is 12.7 Å². The maximum absolute atomic E-state index is 13.1. The van der Waals surface area contributed by atoms with Gasteiger partial charge in [-0.05, 0) is 42.3 Å². The van der Waals surface area contributed by atoms with Crippen molar-refractivity contribution in [3.05, 3.63) is 69.2 Å². The van der Waals surface area contributed by atoms with Crippen LogP contribution in [-0.4, -0.2) is 14.8 Å². The standard InChI is InChI=1S/C18H16Cl2FN3OS/c1-11-3-6-14(19)16(7-11)25-9-17-22-23-18(24(17)2)26-10-12-4-5-13(21)8-15(12)20/h3-8H,9-10H2,1-2H3. The lowest BCUT2D eigenvalue weighted by Crippen LogP contribution is -2.04. The normalized spacial score (nSPS) is 11.0. The number of aromatic nitrogens is 3. The van der Waals surface area contributed by atoms with Crippen LogP contribution in [0.25, 0.3) is 0 Å². The molecule has 0 amide bonds. The number of aryl methyl sites for hydroxylation is 1. The molecule has 0 aliphatic carbocycles.